The van der Waals surface area contributed by atoms with E-state index in [9.17, 15) is 0 Å². The van der Waals surface area contributed by atoms with Crippen molar-refractivity contribution in [2.75, 3.05) is 0 Å². The Morgan fingerprint density at radius 2 is 1.00 bits per heavy atom. The minimum absolute atomic E-state index is 0.163. The van der Waals surface area contributed by atoms with Crippen LogP contribution in [-0.2, 0) is 5.41 Å². The molecule has 0 fully saturated rings. The molecule has 0 saturated heterocycles. The first-order valence-electron chi connectivity index (χ1n) is 8.06. The maximum atomic E-state index is 4.45. The van der Waals surface area contributed by atoms with E-state index in [1.165, 1.54) is 16.7 Å². The van der Waals surface area contributed by atoms with Crippen molar-refractivity contribution in [1.29, 1.82) is 0 Å². The van der Waals surface area contributed by atoms with Gasteiger partial charge < -0.3 is 0 Å². The summed E-state index contributed by atoms with van der Waals surface area (Å²) in [6.45, 7) is 4.60. The minimum atomic E-state index is -0.163. The molecule has 0 bridgehead atoms. The molecule has 0 nitrogen and oxygen atoms in total. The zero-order valence-corrected chi connectivity index (χ0v) is 14.5. The molecule has 0 aliphatic heterocycles. The fraction of sp³-hybridized carbons (Fsp3) is 0.182. The van der Waals surface area contributed by atoms with Gasteiger partial charge in [-0.2, -0.15) is 0 Å². The van der Waals surface area contributed by atoms with Crippen molar-refractivity contribution in [3.05, 3.63) is 102 Å². The first kappa shape index (κ1) is 15.9. The van der Waals surface area contributed by atoms with Crippen LogP contribution in [0.15, 0.2) is 89.8 Å². The molecule has 116 valence electrons. The lowest BCUT2D eigenvalue weighted by Gasteiger charge is -2.40. The van der Waals surface area contributed by atoms with Crippen LogP contribution in [0.4, 0.5) is 0 Å². The zero-order chi connectivity index (χ0) is 16.3. The second-order valence-electron chi connectivity index (χ2n) is 6.24. The number of hydrogen-bond donors (Lipinski definition) is 1. The maximum absolute atomic E-state index is 4.45. The summed E-state index contributed by atoms with van der Waals surface area (Å²) in [4.78, 5) is 0.993. The monoisotopic (exact) mass is 318 g/mol. The Hall–Kier alpha value is -1.99. The molecule has 23 heavy (non-hydrogen) atoms. The molecule has 0 aliphatic rings. The summed E-state index contributed by atoms with van der Waals surface area (Å²) >= 11 is 4.45. The first-order valence-corrected chi connectivity index (χ1v) is 8.51. The lowest BCUT2D eigenvalue weighted by Crippen LogP contribution is -2.35. The summed E-state index contributed by atoms with van der Waals surface area (Å²) in [5, 5.41) is 0. The van der Waals surface area contributed by atoms with Gasteiger partial charge in [0.1, 0.15) is 0 Å². The summed E-state index contributed by atoms with van der Waals surface area (Å²) in [6, 6.07) is 30.2. The molecule has 0 unspecified atom stereocenters. The van der Waals surface area contributed by atoms with E-state index in [-0.39, 0.29) is 5.41 Å². The molecule has 0 aromatic heterocycles. The third kappa shape index (κ3) is 2.82. The average molecular weight is 318 g/mol. The van der Waals surface area contributed by atoms with Crippen LogP contribution in [0.5, 0.6) is 0 Å². The highest BCUT2D eigenvalue weighted by Gasteiger charge is 2.39. The number of rotatable bonds is 4. The molecule has 1 heteroatoms. The summed E-state index contributed by atoms with van der Waals surface area (Å²) in [5.41, 5.74) is 3.80. The summed E-state index contributed by atoms with van der Waals surface area (Å²) in [7, 11) is 0. The number of hydrogen-bond acceptors (Lipinski definition) is 1. The van der Waals surface area contributed by atoms with Gasteiger partial charge in [-0.15, -0.1) is 12.6 Å². The summed E-state index contributed by atoms with van der Waals surface area (Å²) in [5.74, 6) is 0.415. The summed E-state index contributed by atoms with van der Waals surface area (Å²) in [6.07, 6.45) is 0. The first-order chi connectivity index (χ1) is 11.2. The van der Waals surface area contributed by atoms with Gasteiger partial charge in [0.2, 0.25) is 0 Å². The van der Waals surface area contributed by atoms with E-state index in [1.807, 2.05) is 0 Å². The number of thiol groups is 1. The van der Waals surface area contributed by atoms with Crippen molar-refractivity contribution in [3.63, 3.8) is 0 Å². The topological polar surface area (TPSA) is 0 Å². The van der Waals surface area contributed by atoms with Crippen LogP contribution in [0.25, 0.3) is 0 Å². The van der Waals surface area contributed by atoms with Crippen LogP contribution in [0.1, 0.15) is 30.5 Å². The SMILES string of the molecule is CC(C)C(c1ccccc1)(c1ccccc1)c1ccc(S)cc1. The van der Waals surface area contributed by atoms with E-state index in [0.29, 0.717) is 5.92 Å². The third-order valence-electron chi connectivity index (χ3n) is 4.65. The highest BCUT2D eigenvalue weighted by Crippen LogP contribution is 2.45. The van der Waals surface area contributed by atoms with Crippen LogP contribution in [0.2, 0.25) is 0 Å². The van der Waals surface area contributed by atoms with E-state index in [2.05, 4.69) is 111 Å². The normalized spacial score (nSPS) is 11.7. The van der Waals surface area contributed by atoms with Crippen LogP contribution >= 0.6 is 12.6 Å². The van der Waals surface area contributed by atoms with Crippen LogP contribution in [-0.4, -0.2) is 0 Å². The molecule has 0 radical (unpaired) electrons. The zero-order valence-electron chi connectivity index (χ0n) is 13.6. The van der Waals surface area contributed by atoms with Crippen molar-refractivity contribution >= 4 is 12.6 Å². The van der Waals surface area contributed by atoms with Crippen molar-refractivity contribution in [3.8, 4) is 0 Å². The van der Waals surface area contributed by atoms with E-state index in [1.54, 1.807) is 0 Å². The van der Waals surface area contributed by atoms with Crippen molar-refractivity contribution in [1.82, 2.24) is 0 Å². The molecule has 3 aromatic carbocycles. The Balaban J connectivity index is 2.34. The fourth-order valence-electron chi connectivity index (χ4n) is 3.63. The van der Waals surface area contributed by atoms with Crippen molar-refractivity contribution < 1.29 is 0 Å². The largest absolute Gasteiger partial charge is 0.143 e. The molecule has 0 atom stereocenters. The summed E-state index contributed by atoms with van der Waals surface area (Å²) < 4.78 is 0. The van der Waals surface area contributed by atoms with E-state index < -0.39 is 0 Å². The second-order valence-corrected chi connectivity index (χ2v) is 6.76. The van der Waals surface area contributed by atoms with Gasteiger partial charge in [0.15, 0.2) is 0 Å². The van der Waals surface area contributed by atoms with Crippen LogP contribution in [0, 0.1) is 5.92 Å². The molecule has 3 rings (SSSR count). The molecular weight excluding hydrogens is 296 g/mol. The van der Waals surface area contributed by atoms with Gasteiger partial charge >= 0.3 is 0 Å². The van der Waals surface area contributed by atoms with Gasteiger partial charge in [0, 0.05) is 10.3 Å². The smallest absolute Gasteiger partial charge is 0.0474 e. The quantitative estimate of drug-likeness (QED) is 0.445. The van der Waals surface area contributed by atoms with Crippen molar-refractivity contribution in [2.45, 2.75) is 24.2 Å². The van der Waals surface area contributed by atoms with Gasteiger partial charge in [0.05, 0.1) is 0 Å². The Kier molecular flexibility index (Phi) is 4.58. The average Bonchev–Trinajstić information content (AvgIpc) is 2.59. The van der Waals surface area contributed by atoms with Gasteiger partial charge in [-0.3, -0.25) is 0 Å². The molecule has 3 aromatic rings. The van der Waals surface area contributed by atoms with E-state index >= 15 is 0 Å². The lowest BCUT2D eigenvalue weighted by molar-refractivity contribution is 0.437. The molecule has 0 amide bonds. The highest BCUT2D eigenvalue weighted by atomic mass is 32.1. The Morgan fingerprint density at radius 1 is 0.609 bits per heavy atom. The molecule has 0 spiro atoms. The second kappa shape index (κ2) is 6.64. The Bertz CT molecular complexity index is 703. The molecule has 0 aliphatic carbocycles. The molecule has 0 N–H and O–H groups in total. The predicted octanol–water partition coefficient (Wildman–Crippen LogP) is 5.97. The minimum Gasteiger partial charge on any atom is -0.143 e. The molecule has 0 heterocycles. The van der Waals surface area contributed by atoms with Crippen LogP contribution in [0.3, 0.4) is 0 Å². The van der Waals surface area contributed by atoms with Gasteiger partial charge in [-0.05, 0) is 34.7 Å². The molecule has 0 saturated carbocycles. The van der Waals surface area contributed by atoms with Gasteiger partial charge in [-0.25, -0.2) is 0 Å². The van der Waals surface area contributed by atoms with Gasteiger partial charge in [0.25, 0.3) is 0 Å². The molecular formula is C22H22S. The Labute approximate surface area is 144 Å². The fourth-order valence-corrected chi connectivity index (χ4v) is 3.78. The van der Waals surface area contributed by atoms with E-state index in [4.69, 9.17) is 0 Å². The van der Waals surface area contributed by atoms with Gasteiger partial charge in [-0.1, -0.05) is 86.6 Å². The third-order valence-corrected chi connectivity index (χ3v) is 4.95. The van der Waals surface area contributed by atoms with Crippen molar-refractivity contribution in [2.24, 2.45) is 5.92 Å². The predicted molar refractivity (Wildman–Crippen MR) is 101 cm³/mol. The Morgan fingerprint density at radius 3 is 1.39 bits per heavy atom. The lowest BCUT2D eigenvalue weighted by atomic mass is 9.63. The highest BCUT2D eigenvalue weighted by molar-refractivity contribution is 7.80. The standard InChI is InChI=1S/C22H22S/c1-17(2)22(18-9-5-3-6-10-18,19-11-7-4-8-12-19)20-13-15-21(23)16-14-20/h3-17,23H,1-2H3. The maximum Gasteiger partial charge on any atom is 0.0474 e. The van der Waals surface area contributed by atoms with E-state index in [0.717, 1.165) is 4.90 Å². The number of benzene rings is 3. The van der Waals surface area contributed by atoms with Crippen LogP contribution < -0.4 is 0 Å².